The van der Waals surface area contributed by atoms with Crippen molar-refractivity contribution in [1.29, 1.82) is 0 Å². The molecule has 0 N–H and O–H groups in total. The zero-order valence-corrected chi connectivity index (χ0v) is 13.5. The lowest BCUT2D eigenvalue weighted by atomic mass is 9.86. The van der Waals surface area contributed by atoms with Gasteiger partial charge in [-0.3, -0.25) is 0 Å². The minimum atomic E-state index is -0.488. The van der Waals surface area contributed by atoms with Crippen LogP contribution in [0.1, 0.15) is 6.42 Å². The minimum Gasteiger partial charge on any atom is -0.452 e. The summed E-state index contributed by atoms with van der Waals surface area (Å²) < 4.78 is 9.76. The second-order valence-corrected chi connectivity index (χ2v) is 6.90. The number of ether oxygens (including phenoxy) is 2. The molecular weight excluding hydrogens is 310 g/mol. The Balaban J connectivity index is 1.45. The van der Waals surface area contributed by atoms with Gasteiger partial charge in [-0.2, -0.15) is 0 Å². The van der Waals surface area contributed by atoms with Crippen LogP contribution < -0.4 is 4.90 Å². The van der Waals surface area contributed by atoms with Crippen molar-refractivity contribution in [3.05, 3.63) is 30.3 Å². The van der Waals surface area contributed by atoms with E-state index in [9.17, 15) is 9.59 Å². The highest BCUT2D eigenvalue weighted by Crippen LogP contribution is 2.65. The van der Waals surface area contributed by atoms with Crippen LogP contribution in [0.2, 0.25) is 0 Å². The first-order chi connectivity index (χ1) is 11.7. The van der Waals surface area contributed by atoms with Crippen molar-refractivity contribution in [3.63, 3.8) is 0 Å². The molecule has 4 aliphatic rings. The molecule has 5 rings (SSSR count). The quantitative estimate of drug-likeness (QED) is 0.734. The molecule has 2 aliphatic heterocycles. The van der Waals surface area contributed by atoms with Gasteiger partial charge in [0, 0.05) is 17.5 Å². The standard InChI is InChI=1S/C17H19N3O4/c1-23-16(21)19-14-10-8-11(15(14)20(19)17(22)24-2)13-12(10)18(13)9-6-4-3-5-7-9/h3-7,10-15H,8H2,1-2H3/t10-,11+,12+,13-,14-,15+,18?. The Morgan fingerprint density at radius 1 is 0.875 bits per heavy atom. The van der Waals surface area contributed by atoms with Crippen LogP contribution in [0.4, 0.5) is 15.3 Å². The highest BCUT2D eigenvalue weighted by molar-refractivity contribution is 5.78. The third-order valence-electron chi connectivity index (χ3n) is 6.13. The van der Waals surface area contributed by atoms with Crippen LogP contribution >= 0.6 is 0 Å². The highest BCUT2D eigenvalue weighted by atomic mass is 16.6. The highest BCUT2D eigenvalue weighted by Gasteiger charge is 2.78. The van der Waals surface area contributed by atoms with Crippen molar-refractivity contribution >= 4 is 17.9 Å². The summed E-state index contributed by atoms with van der Waals surface area (Å²) in [6.07, 6.45) is 0.0740. The van der Waals surface area contributed by atoms with E-state index in [-0.39, 0.29) is 12.1 Å². The van der Waals surface area contributed by atoms with Crippen molar-refractivity contribution in [2.24, 2.45) is 11.8 Å². The number of hydrazine groups is 1. The first-order valence-electron chi connectivity index (χ1n) is 8.26. The predicted molar refractivity (Wildman–Crippen MR) is 84.2 cm³/mol. The van der Waals surface area contributed by atoms with Crippen molar-refractivity contribution in [2.45, 2.75) is 30.6 Å². The fourth-order valence-electron chi connectivity index (χ4n) is 5.39. The molecule has 0 unspecified atom stereocenters. The van der Waals surface area contributed by atoms with Gasteiger partial charge < -0.3 is 14.4 Å². The van der Waals surface area contributed by atoms with Crippen LogP contribution in [0.25, 0.3) is 0 Å². The number of nitrogens with zero attached hydrogens (tertiary/aromatic N) is 3. The van der Waals surface area contributed by atoms with E-state index in [1.54, 1.807) is 0 Å². The van der Waals surface area contributed by atoms with Gasteiger partial charge in [0.2, 0.25) is 0 Å². The number of rotatable bonds is 1. The summed E-state index contributed by atoms with van der Waals surface area (Å²) in [5.74, 6) is 0.760. The molecule has 126 valence electrons. The molecule has 2 heterocycles. The molecule has 7 nitrogen and oxygen atoms in total. The summed E-state index contributed by atoms with van der Waals surface area (Å²) in [6, 6.07) is 11.3. The van der Waals surface area contributed by atoms with Crippen LogP contribution in [-0.2, 0) is 9.47 Å². The van der Waals surface area contributed by atoms with Crippen molar-refractivity contribution < 1.29 is 19.1 Å². The monoisotopic (exact) mass is 329 g/mol. The zero-order chi connectivity index (χ0) is 16.6. The first kappa shape index (κ1) is 13.9. The molecule has 0 radical (unpaired) electrons. The number of para-hydroxylation sites is 1. The van der Waals surface area contributed by atoms with Gasteiger partial charge in [-0.25, -0.2) is 19.6 Å². The van der Waals surface area contributed by atoms with E-state index in [2.05, 4.69) is 17.0 Å². The van der Waals surface area contributed by atoms with Gasteiger partial charge in [-0.05, 0) is 18.6 Å². The Kier molecular flexibility index (Phi) is 2.65. The van der Waals surface area contributed by atoms with Crippen LogP contribution in [-0.4, -0.2) is 60.6 Å². The third-order valence-corrected chi connectivity index (χ3v) is 6.13. The van der Waals surface area contributed by atoms with E-state index in [1.165, 1.54) is 29.9 Å². The maximum Gasteiger partial charge on any atom is 0.429 e. The van der Waals surface area contributed by atoms with Crippen LogP contribution in [0.3, 0.4) is 0 Å². The molecule has 2 aliphatic carbocycles. The summed E-state index contributed by atoms with van der Waals surface area (Å²) in [6.45, 7) is 0. The number of amides is 2. The number of benzene rings is 1. The number of methoxy groups -OCH3 is 2. The molecular formula is C17H19N3O4. The number of carbonyl (C=O) groups excluding carboxylic acids is 2. The maximum atomic E-state index is 12.2. The van der Waals surface area contributed by atoms with E-state index >= 15 is 0 Å². The second kappa shape index (κ2) is 4.55. The smallest absolute Gasteiger partial charge is 0.429 e. The Bertz CT molecular complexity index is 671. The first-order valence-corrected chi connectivity index (χ1v) is 8.26. The van der Waals surface area contributed by atoms with Gasteiger partial charge in [0.15, 0.2) is 0 Å². The molecule has 24 heavy (non-hydrogen) atoms. The van der Waals surface area contributed by atoms with Crippen LogP contribution in [0.5, 0.6) is 0 Å². The number of hydrogen-bond donors (Lipinski definition) is 0. The molecule has 4 fully saturated rings. The van der Waals surface area contributed by atoms with Crippen molar-refractivity contribution in [3.8, 4) is 0 Å². The molecule has 1 aromatic rings. The van der Waals surface area contributed by atoms with Gasteiger partial charge in [0.1, 0.15) is 0 Å². The molecule has 2 saturated carbocycles. The van der Waals surface area contributed by atoms with Gasteiger partial charge in [0.05, 0.1) is 38.4 Å². The van der Waals surface area contributed by atoms with Crippen LogP contribution in [0.15, 0.2) is 30.3 Å². The van der Waals surface area contributed by atoms with Crippen molar-refractivity contribution in [1.82, 2.24) is 10.0 Å². The normalized spacial score (nSPS) is 37.5. The molecule has 1 aromatic carbocycles. The van der Waals surface area contributed by atoms with E-state index in [1.807, 2.05) is 18.2 Å². The minimum absolute atomic E-state index is 0.0384. The fraction of sp³-hybridized carbons (Fsp3) is 0.529. The predicted octanol–water partition coefficient (Wildman–Crippen LogP) is 1.70. The Morgan fingerprint density at radius 2 is 1.38 bits per heavy atom. The molecule has 0 aromatic heterocycles. The van der Waals surface area contributed by atoms with Gasteiger partial charge >= 0.3 is 12.2 Å². The van der Waals surface area contributed by atoms with Gasteiger partial charge in [0.25, 0.3) is 0 Å². The summed E-state index contributed by atoms with van der Waals surface area (Å²) in [5.41, 5.74) is 1.22. The SMILES string of the molecule is COC(=O)N1[C@@H]2[C@@H]3C[C@@H]([C@@H]4[C@H]3N4c3ccccc3)[C@@H]2N1C(=O)OC. The largest absolute Gasteiger partial charge is 0.452 e. The van der Waals surface area contributed by atoms with Crippen LogP contribution in [0, 0.1) is 11.8 Å². The Hall–Kier alpha value is -2.44. The molecule has 2 saturated heterocycles. The molecule has 0 spiro atoms. The topological polar surface area (TPSA) is 62.1 Å². The average molecular weight is 329 g/mol. The summed E-state index contributed by atoms with van der Waals surface area (Å²) >= 11 is 0. The maximum absolute atomic E-state index is 12.2. The van der Waals surface area contributed by atoms with E-state index in [0.29, 0.717) is 23.9 Å². The average Bonchev–Trinajstić information content (AvgIpc) is 3.15. The Morgan fingerprint density at radius 3 is 1.83 bits per heavy atom. The summed E-state index contributed by atoms with van der Waals surface area (Å²) in [5, 5.41) is 2.91. The fourth-order valence-corrected chi connectivity index (χ4v) is 5.39. The lowest BCUT2D eigenvalue weighted by Gasteiger charge is -2.55. The number of piperidine rings is 1. The number of fused-ring (bicyclic) bond motifs is 8. The lowest BCUT2D eigenvalue weighted by molar-refractivity contribution is -0.173. The van der Waals surface area contributed by atoms with Gasteiger partial charge in [-0.1, -0.05) is 18.2 Å². The molecule has 2 amide bonds. The number of hydrogen-bond acceptors (Lipinski definition) is 5. The molecule has 2 bridgehead atoms. The number of anilines is 1. The summed E-state index contributed by atoms with van der Waals surface area (Å²) in [7, 11) is 2.68. The molecule has 6 atom stereocenters. The van der Waals surface area contributed by atoms with Gasteiger partial charge in [-0.15, -0.1) is 0 Å². The Labute approximate surface area is 139 Å². The van der Waals surface area contributed by atoms with E-state index < -0.39 is 12.2 Å². The second-order valence-electron chi connectivity index (χ2n) is 6.90. The van der Waals surface area contributed by atoms with E-state index in [4.69, 9.17) is 9.47 Å². The summed E-state index contributed by atoms with van der Waals surface area (Å²) in [4.78, 5) is 26.7. The zero-order valence-electron chi connectivity index (χ0n) is 13.5. The lowest BCUT2D eigenvalue weighted by Crippen LogP contribution is -2.76. The third kappa shape index (κ3) is 1.48. The van der Waals surface area contributed by atoms with E-state index in [0.717, 1.165) is 6.42 Å². The number of carbonyl (C=O) groups is 2. The van der Waals surface area contributed by atoms with Crippen molar-refractivity contribution in [2.75, 3.05) is 19.1 Å². The molecule has 7 heteroatoms.